The summed E-state index contributed by atoms with van der Waals surface area (Å²) in [7, 11) is -3.97. The Balaban J connectivity index is 1.51. The number of pyridine rings is 1. The minimum atomic E-state index is -3.97. The number of rotatable bonds is 5. The minimum Gasteiger partial charge on any atom is -0.339 e. The topological polar surface area (TPSA) is 132 Å². The molecule has 11 heteroatoms. The second kappa shape index (κ2) is 6.52. The van der Waals surface area contributed by atoms with Gasteiger partial charge < -0.3 is 4.52 Å². The number of hydrogen-bond acceptors (Lipinski definition) is 8. The highest BCUT2D eigenvalue weighted by atomic mass is 32.2. The fourth-order valence-electron chi connectivity index (χ4n) is 2.76. The summed E-state index contributed by atoms with van der Waals surface area (Å²) in [6.07, 6.45) is 1.61. The average molecular weight is 387 g/mol. The van der Waals surface area contributed by atoms with Crippen LogP contribution in [0, 0.1) is 10.1 Å². The van der Waals surface area contributed by atoms with Crippen molar-refractivity contribution in [2.45, 2.75) is 10.8 Å². The quantitative estimate of drug-likeness (QED) is 0.478. The van der Waals surface area contributed by atoms with Crippen molar-refractivity contribution in [1.82, 2.24) is 19.4 Å². The van der Waals surface area contributed by atoms with Gasteiger partial charge in [-0.3, -0.25) is 15.1 Å². The number of para-hydroxylation sites is 1. The van der Waals surface area contributed by atoms with E-state index in [0.717, 1.165) is 4.31 Å². The molecule has 1 aromatic carbocycles. The lowest BCUT2D eigenvalue weighted by Crippen LogP contribution is -2.48. The van der Waals surface area contributed by atoms with Crippen molar-refractivity contribution in [2.24, 2.45) is 0 Å². The molecule has 3 heterocycles. The fraction of sp³-hybridized carbons (Fsp3) is 0.188. The predicted molar refractivity (Wildman–Crippen MR) is 92.1 cm³/mol. The van der Waals surface area contributed by atoms with E-state index in [2.05, 4.69) is 15.1 Å². The van der Waals surface area contributed by atoms with Crippen LogP contribution in [0.4, 0.5) is 5.69 Å². The molecular formula is C16H13N5O5S. The van der Waals surface area contributed by atoms with Gasteiger partial charge in [-0.15, -0.1) is 0 Å². The van der Waals surface area contributed by atoms with Crippen LogP contribution in [0.3, 0.4) is 0 Å². The molecule has 1 aliphatic heterocycles. The molecule has 138 valence electrons. The zero-order chi connectivity index (χ0) is 19.0. The van der Waals surface area contributed by atoms with E-state index in [0.29, 0.717) is 17.4 Å². The first kappa shape index (κ1) is 17.2. The lowest BCUT2D eigenvalue weighted by atomic mass is 10.0. The van der Waals surface area contributed by atoms with Gasteiger partial charge in [-0.05, 0) is 18.2 Å². The zero-order valence-electron chi connectivity index (χ0n) is 13.8. The maximum absolute atomic E-state index is 12.7. The molecule has 0 spiro atoms. The van der Waals surface area contributed by atoms with Crippen LogP contribution >= 0.6 is 0 Å². The summed E-state index contributed by atoms with van der Waals surface area (Å²) < 4.78 is 31.8. The van der Waals surface area contributed by atoms with E-state index in [4.69, 9.17) is 4.52 Å². The highest BCUT2D eigenvalue weighted by Crippen LogP contribution is 2.34. The molecule has 0 bridgehead atoms. The van der Waals surface area contributed by atoms with E-state index < -0.39 is 20.6 Å². The number of benzene rings is 1. The largest absolute Gasteiger partial charge is 0.339 e. The third-order valence-electron chi connectivity index (χ3n) is 4.21. The number of hydrogen-bond donors (Lipinski definition) is 0. The number of nitro benzene ring substituents is 1. The van der Waals surface area contributed by atoms with Crippen LogP contribution in [0.15, 0.2) is 58.1 Å². The van der Waals surface area contributed by atoms with Gasteiger partial charge in [0.1, 0.15) is 5.69 Å². The van der Waals surface area contributed by atoms with Crippen LogP contribution in [0.2, 0.25) is 0 Å². The van der Waals surface area contributed by atoms with Gasteiger partial charge in [0.15, 0.2) is 4.90 Å². The SMILES string of the molecule is O=[N+]([O-])c1ccccc1S(=O)(=O)N1CC(c2nc(-c3ccccn3)no2)C1. The normalized spacial score (nSPS) is 15.4. The Hall–Kier alpha value is -3.18. The van der Waals surface area contributed by atoms with Crippen molar-refractivity contribution in [3.05, 3.63) is 64.7 Å². The zero-order valence-corrected chi connectivity index (χ0v) is 14.6. The predicted octanol–water partition coefficient (Wildman–Crippen LogP) is 1.83. The maximum atomic E-state index is 12.7. The first-order chi connectivity index (χ1) is 13.0. The van der Waals surface area contributed by atoms with Crippen LogP contribution < -0.4 is 0 Å². The molecule has 2 aromatic heterocycles. The summed E-state index contributed by atoms with van der Waals surface area (Å²) in [4.78, 5) is 18.5. The molecule has 27 heavy (non-hydrogen) atoms. The standard InChI is InChI=1S/C16H13N5O5S/c22-21(23)13-6-1-2-7-14(13)27(24,25)20-9-11(10-20)16-18-15(19-26-16)12-5-3-4-8-17-12/h1-8,11H,9-10H2. The van der Waals surface area contributed by atoms with Crippen molar-refractivity contribution < 1.29 is 17.9 Å². The van der Waals surface area contributed by atoms with Crippen LogP contribution in [-0.2, 0) is 10.0 Å². The van der Waals surface area contributed by atoms with E-state index in [-0.39, 0.29) is 23.9 Å². The van der Waals surface area contributed by atoms with E-state index >= 15 is 0 Å². The Kier molecular flexibility index (Phi) is 4.16. The second-order valence-electron chi connectivity index (χ2n) is 5.91. The van der Waals surface area contributed by atoms with Crippen LogP contribution in [0.5, 0.6) is 0 Å². The van der Waals surface area contributed by atoms with Crippen molar-refractivity contribution in [1.29, 1.82) is 0 Å². The molecular weight excluding hydrogens is 374 g/mol. The maximum Gasteiger partial charge on any atom is 0.289 e. The van der Waals surface area contributed by atoms with Crippen molar-refractivity contribution in [2.75, 3.05) is 13.1 Å². The first-order valence-corrected chi connectivity index (χ1v) is 9.39. The lowest BCUT2D eigenvalue weighted by Gasteiger charge is -2.35. The summed E-state index contributed by atoms with van der Waals surface area (Å²) in [5.74, 6) is 0.364. The molecule has 0 radical (unpaired) electrons. The molecule has 0 aliphatic carbocycles. The van der Waals surface area contributed by atoms with Gasteiger partial charge in [-0.1, -0.05) is 23.4 Å². The molecule has 10 nitrogen and oxygen atoms in total. The molecule has 1 fully saturated rings. The third-order valence-corrected chi connectivity index (χ3v) is 6.09. The second-order valence-corrected chi connectivity index (χ2v) is 7.82. The highest BCUT2D eigenvalue weighted by Gasteiger charge is 2.42. The molecule has 0 unspecified atom stereocenters. The Bertz CT molecular complexity index is 1090. The number of nitrogens with zero attached hydrogens (tertiary/aromatic N) is 5. The summed E-state index contributed by atoms with van der Waals surface area (Å²) in [6.45, 7) is 0.219. The highest BCUT2D eigenvalue weighted by molar-refractivity contribution is 7.89. The van der Waals surface area contributed by atoms with Crippen LogP contribution in [0.1, 0.15) is 11.8 Å². The Morgan fingerprint density at radius 3 is 2.59 bits per heavy atom. The van der Waals surface area contributed by atoms with Crippen molar-refractivity contribution >= 4 is 15.7 Å². The van der Waals surface area contributed by atoms with Gasteiger partial charge in [0.05, 0.1) is 10.8 Å². The van der Waals surface area contributed by atoms with Gasteiger partial charge in [0.25, 0.3) is 5.69 Å². The number of sulfonamides is 1. The Morgan fingerprint density at radius 1 is 1.15 bits per heavy atom. The Morgan fingerprint density at radius 2 is 1.89 bits per heavy atom. The molecule has 3 aromatic rings. The smallest absolute Gasteiger partial charge is 0.289 e. The lowest BCUT2D eigenvalue weighted by molar-refractivity contribution is -0.387. The van der Waals surface area contributed by atoms with Gasteiger partial charge >= 0.3 is 0 Å². The van der Waals surface area contributed by atoms with Gasteiger partial charge in [-0.2, -0.15) is 9.29 Å². The first-order valence-electron chi connectivity index (χ1n) is 7.95. The molecule has 0 saturated carbocycles. The summed E-state index contributed by atoms with van der Waals surface area (Å²) in [5.41, 5.74) is 0.104. The molecule has 1 aliphatic rings. The molecule has 0 atom stereocenters. The Labute approximate surface area is 153 Å². The minimum absolute atomic E-state index is 0.109. The monoisotopic (exact) mass is 387 g/mol. The molecule has 0 N–H and O–H groups in total. The van der Waals surface area contributed by atoms with Gasteiger partial charge in [-0.25, -0.2) is 8.42 Å². The van der Waals surface area contributed by atoms with E-state index in [1.807, 2.05) is 0 Å². The van der Waals surface area contributed by atoms with E-state index in [1.165, 1.54) is 24.3 Å². The fourth-order valence-corrected chi connectivity index (χ4v) is 4.44. The third kappa shape index (κ3) is 3.06. The van der Waals surface area contributed by atoms with Crippen LogP contribution in [-0.4, -0.2) is 45.9 Å². The molecule has 4 rings (SSSR count). The summed E-state index contributed by atoms with van der Waals surface area (Å²) >= 11 is 0. The molecule has 1 saturated heterocycles. The van der Waals surface area contributed by atoms with Gasteiger partial charge in [0.2, 0.25) is 21.7 Å². The van der Waals surface area contributed by atoms with Crippen LogP contribution in [0.25, 0.3) is 11.5 Å². The number of nitro groups is 1. The molecule has 0 amide bonds. The van der Waals surface area contributed by atoms with E-state index in [1.54, 1.807) is 24.4 Å². The van der Waals surface area contributed by atoms with Crippen molar-refractivity contribution in [3.63, 3.8) is 0 Å². The van der Waals surface area contributed by atoms with Crippen molar-refractivity contribution in [3.8, 4) is 11.5 Å². The number of aromatic nitrogens is 3. The van der Waals surface area contributed by atoms with E-state index in [9.17, 15) is 18.5 Å². The average Bonchev–Trinajstić information content (AvgIpc) is 3.10. The van der Waals surface area contributed by atoms with Gasteiger partial charge in [0, 0.05) is 25.4 Å². The summed E-state index contributed by atoms with van der Waals surface area (Å²) in [5, 5.41) is 15.0. The summed E-state index contributed by atoms with van der Waals surface area (Å²) in [6, 6.07) is 10.6.